The Hall–Kier alpha value is -1.81. The van der Waals surface area contributed by atoms with Crippen LogP contribution in [0.2, 0.25) is 0 Å². The van der Waals surface area contributed by atoms with Gasteiger partial charge in [0.25, 0.3) is 0 Å². The highest BCUT2D eigenvalue weighted by atomic mass is 32.2. The summed E-state index contributed by atoms with van der Waals surface area (Å²) in [4.78, 5) is 0.244. The van der Waals surface area contributed by atoms with Gasteiger partial charge in [0.1, 0.15) is 4.90 Å². The SMILES string of the molecule is Cc1ccc2c(c1)-c1cc(C)c(C)cc1OS2(=O)=O. The van der Waals surface area contributed by atoms with Crippen LogP contribution in [0.5, 0.6) is 5.75 Å². The molecule has 98 valence electrons. The first-order valence-corrected chi connectivity index (χ1v) is 7.46. The predicted octanol–water partition coefficient (Wildman–Crippen LogP) is 3.36. The quantitative estimate of drug-likeness (QED) is 0.692. The number of fused-ring (bicyclic) bond motifs is 3. The van der Waals surface area contributed by atoms with Crippen molar-refractivity contribution < 1.29 is 12.6 Å². The van der Waals surface area contributed by atoms with E-state index >= 15 is 0 Å². The predicted molar refractivity (Wildman–Crippen MR) is 73.9 cm³/mol. The van der Waals surface area contributed by atoms with Crippen molar-refractivity contribution in [2.45, 2.75) is 25.7 Å². The number of hydrogen-bond donors (Lipinski definition) is 0. The van der Waals surface area contributed by atoms with Crippen molar-refractivity contribution in [3.8, 4) is 16.9 Å². The molecule has 0 amide bonds. The Balaban J connectivity index is 2.41. The largest absolute Gasteiger partial charge is 0.378 e. The summed E-state index contributed by atoms with van der Waals surface area (Å²) in [5, 5.41) is 0. The highest BCUT2D eigenvalue weighted by Gasteiger charge is 2.29. The summed E-state index contributed by atoms with van der Waals surface area (Å²) in [7, 11) is -3.70. The molecule has 2 aromatic carbocycles. The normalized spacial score (nSPS) is 15.3. The van der Waals surface area contributed by atoms with Gasteiger partial charge in [0.15, 0.2) is 5.75 Å². The first-order chi connectivity index (χ1) is 8.88. The van der Waals surface area contributed by atoms with Crippen LogP contribution >= 0.6 is 0 Å². The lowest BCUT2D eigenvalue weighted by atomic mass is 9.98. The highest BCUT2D eigenvalue weighted by molar-refractivity contribution is 7.87. The lowest BCUT2D eigenvalue weighted by molar-refractivity contribution is 0.483. The molecule has 0 aromatic heterocycles. The van der Waals surface area contributed by atoms with Gasteiger partial charge < -0.3 is 4.18 Å². The van der Waals surface area contributed by atoms with Gasteiger partial charge in [0.2, 0.25) is 0 Å². The van der Waals surface area contributed by atoms with Crippen molar-refractivity contribution in [2.24, 2.45) is 0 Å². The third-order valence-corrected chi connectivity index (χ3v) is 4.78. The van der Waals surface area contributed by atoms with Gasteiger partial charge in [-0.2, -0.15) is 8.42 Å². The lowest BCUT2D eigenvalue weighted by Gasteiger charge is -2.21. The fourth-order valence-corrected chi connectivity index (χ4v) is 3.44. The topological polar surface area (TPSA) is 43.4 Å². The molecule has 0 aliphatic carbocycles. The van der Waals surface area contributed by atoms with E-state index < -0.39 is 10.1 Å². The summed E-state index contributed by atoms with van der Waals surface area (Å²) < 4.78 is 29.4. The summed E-state index contributed by atoms with van der Waals surface area (Å²) >= 11 is 0. The lowest BCUT2D eigenvalue weighted by Crippen LogP contribution is -2.16. The molecule has 0 spiro atoms. The first kappa shape index (κ1) is 12.2. The van der Waals surface area contributed by atoms with Crippen molar-refractivity contribution >= 4 is 10.1 Å². The van der Waals surface area contributed by atoms with E-state index in [2.05, 4.69) is 0 Å². The Morgan fingerprint density at radius 2 is 1.58 bits per heavy atom. The second-order valence-corrected chi connectivity index (χ2v) is 6.48. The zero-order chi connectivity index (χ0) is 13.8. The van der Waals surface area contributed by atoms with Crippen LogP contribution in [0.4, 0.5) is 0 Å². The van der Waals surface area contributed by atoms with E-state index in [1.165, 1.54) is 0 Å². The number of hydrogen-bond acceptors (Lipinski definition) is 3. The summed E-state index contributed by atoms with van der Waals surface area (Å²) in [6, 6.07) is 9.05. The Morgan fingerprint density at radius 3 is 2.32 bits per heavy atom. The molecule has 0 atom stereocenters. The van der Waals surface area contributed by atoms with Crippen LogP contribution < -0.4 is 4.18 Å². The molecule has 1 aliphatic heterocycles. The molecule has 0 N–H and O–H groups in total. The summed E-state index contributed by atoms with van der Waals surface area (Å²) in [5.74, 6) is 0.418. The third kappa shape index (κ3) is 1.83. The summed E-state index contributed by atoms with van der Waals surface area (Å²) in [5.41, 5.74) is 4.74. The minimum atomic E-state index is -3.70. The van der Waals surface area contributed by atoms with Gasteiger partial charge in [-0.25, -0.2) is 0 Å². The van der Waals surface area contributed by atoms with E-state index in [9.17, 15) is 8.42 Å². The Morgan fingerprint density at radius 1 is 0.895 bits per heavy atom. The summed E-state index contributed by atoms with van der Waals surface area (Å²) in [6.07, 6.45) is 0. The van der Waals surface area contributed by atoms with Gasteiger partial charge >= 0.3 is 10.1 Å². The molecule has 0 fully saturated rings. The second kappa shape index (κ2) is 3.84. The Bertz CT molecular complexity index is 789. The maximum Gasteiger partial charge on any atom is 0.339 e. The average molecular weight is 274 g/mol. The molecule has 2 aromatic rings. The van der Waals surface area contributed by atoms with E-state index in [1.807, 2.05) is 32.9 Å². The van der Waals surface area contributed by atoms with E-state index in [-0.39, 0.29) is 4.90 Å². The van der Waals surface area contributed by atoms with Gasteiger partial charge in [0, 0.05) is 11.1 Å². The standard InChI is InChI=1S/C15H14O3S/c1-9-4-5-15-13(6-9)12-7-10(2)11(3)8-14(12)18-19(15,16)17/h4-8H,1-3H3. The van der Waals surface area contributed by atoms with Crippen LogP contribution in [0.25, 0.3) is 11.1 Å². The molecular weight excluding hydrogens is 260 g/mol. The molecule has 0 saturated carbocycles. The molecule has 4 heteroatoms. The second-order valence-electron chi connectivity index (χ2n) is 4.97. The molecule has 0 bridgehead atoms. The van der Waals surface area contributed by atoms with Gasteiger partial charge in [-0.15, -0.1) is 0 Å². The van der Waals surface area contributed by atoms with Crippen LogP contribution in [0.15, 0.2) is 35.2 Å². The maximum atomic E-state index is 12.1. The molecule has 1 heterocycles. The minimum absolute atomic E-state index is 0.244. The Labute approximate surface area is 113 Å². The van der Waals surface area contributed by atoms with E-state index in [4.69, 9.17) is 4.18 Å². The van der Waals surface area contributed by atoms with Gasteiger partial charge in [-0.1, -0.05) is 11.6 Å². The van der Waals surface area contributed by atoms with Gasteiger partial charge in [0.05, 0.1) is 0 Å². The molecule has 3 rings (SSSR count). The van der Waals surface area contributed by atoms with Crippen LogP contribution in [-0.2, 0) is 10.1 Å². The molecule has 0 radical (unpaired) electrons. The van der Waals surface area contributed by atoms with Gasteiger partial charge in [-0.05, 0) is 56.2 Å². The summed E-state index contributed by atoms with van der Waals surface area (Å²) in [6.45, 7) is 5.90. The van der Waals surface area contributed by atoms with Crippen molar-refractivity contribution in [1.82, 2.24) is 0 Å². The molecule has 19 heavy (non-hydrogen) atoms. The number of rotatable bonds is 0. The molecule has 0 unspecified atom stereocenters. The monoisotopic (exact) mass is 274 g/mol. The van der Waals surface area contributed by atoms with Crippen LogP contribution in [0, 0.1) is 20.8 Å². The third-order valence-electron chi connectivity index (χ3n) is 3.49. The van der Waals surface area contributed by atoms with Crippen molar-refractivity contribution in [1.29, 1.82) is 0 Å². The smallest absolute Gasteiger partial charge is 0.339 e. The maximum absolute atomic E-state index is 12.1. The van der Waals surface area contributed by atoms with Crippen molar-refractivity contribution in [3.05, 3.63) is 47.0 Å². The van der Waals surface area contributed by atoms with Gasteiger partial charge in [-0.3, -0.25) is 0 Å². The minimum Gasteiger partial charge on any atom is -0.378 e. The van der Waals surface area contributed by atoms with Crippen LogP contribution in [0.3, 0.4) is 0 Å². The number of aryl methyl sites for hydroxylation is 3. The Kier molecular flexibility index (Phi) is 2.47. The van der Waals surface area contributed by atoms with Crippen LogP contribution in [0.1, 0.15) is 16.7 Å². The van der Waals surface area contributed by atoms with Crippen molar-refractivity contribution in [3.63, 3.8) is 0 Å². The van der Waals surface area contributed by atoms with E-state index in [1.54, 1.807) is 18.2 Å². The fourth-order valence-electron chi connectivity index (χ4n) is 2.30. The van der Waals surface area contributed by atoms with Crippen molar-refractivity contribution in [2.75, 3.05) is 0 Å². The average Bonchev–Trinajstić information content (AvgIpc) is 2.31. The molecule has 3 nitrogen and oxygen atoms in total. The molecular formula is C15H14O3S. The van der Waals surface area contributed by atoms with Crippen LogP contribution in [-0.4, -0.2) is 8.42 Å². The first-order valence-electron chi connectivity index (χ1n) is 6.05. The zero-order valence-corrected chi connectivity index (χ0v) is 11.8. The van der Waals surface area contributed by atoms with E-state index in [0.29, 0.717) is 5.75 Å². The molecule has 1 aliphatic rings. The highest BCUT2D eigenvalue weighted by Crippen LogP contribution is 2.42. The fraction of sp³-hybridized carbons (Fsp3) is 0.200. The zero-order valence-electron chi connectivity index (χ0n) is 11.0. The molecule has 0 saturated heterocycles. The number of benzene rings is 2. The van der Waals surface area contributed by atoms with E-state index in [0.717, 1.165) is 27.8 Å².